The summed E-state index contributed by atoms with van der Waals surface area (Å²) in [4.78, 5) is 5.57. The number of methoxy groups -OCH3 is 1. The fourth-order valence-electron chi connectivity index (χ4n) is 2.39. The van der Waals surface area contributed by atoms with Crippen molar-refractivity contribution in [3.8, 4) is 17.6 Å². The third-order valence-electron chi connectivity index (χ3n) is 3.71. The molecule has 0 N–H and O–H groups in total. The Labute approximate surface area is 153 Å². The fourth-order valence-corrected chi connectivity index (χ4v) is 2.39. The maximum atomic E-state index is 5.57. The third kappa shape index (κ3) is 4.75. The van der Waals surface area contributed by atoms with Crippen LogP contribution in [0.5, 0.6) is 5.75 Å². The Hall–Kier alpha value is -3.51. The maximum Gasteiger partial charge on any atom is 0.160 e. The summed E-state index contributed by atoms with van der Waals surface area (Å²) in [5.41, 5.74) is 3.36. The minimum Gasteiger partial charge on any atom is -0.496 e. The van der Waals surface area contributed by atoms with Crippen LogP contribution in [0.25, 0.3) is 0 Å². The Morgan fingerprint density at radius 1 is 0.846 bits per heavy atom. The molecule has 128 valence electrons. The summed E-state index contributed by atoms with van der Waals surface area (Å²) in [6.45, 7) is 0.313. The van der Waals surface area contributed by atoms with Gasteiger partial charge in [0, 0.05) is 16.7 Å². The molecule has 0 aromatic heterocycles. The van der Waals surface area contributed by atoms with E-state index in [1.165, 1.54) is 0 Å². The zero-order chi connectivity index (χ0) is 18.0. The molecule has 0 bridgehead atoms. The zero-order valence-corrected chi connectivity index (χ0v) is 14.6. The summed E-state index contributed by atoms with van der Waals surface area (Å²) < 4.78 is 5.34. The van der Waals surface area contributed by atoms with Crippen LogP contribution in [0.3, 0.4) is 0 Å². The molecule has 3 heteroatoms. The van der Waals surface area contributed by atoms with Gasteiger partial charge in [-0.25, -0.2) is 0 Å². The Morgan fingerprint density at radius 3 is 2.23 bits per heavy atom. The lowest BCUT2D eigenvalue weighted by Crippen LogP contribution is -2.00. The van der Waals surface area contributed by atoms with Crippen LogP contribution in [0.1, 0.15) is 16.7 Å². The summed E-state index contributed by atoms with van der Waals surface area (Å²) >= 11 is 0. The van der Waals surface area contributed by atoms with Crippen molar-refractivity contribution < 1.29 is 9.57 Å². The van der Waals surface area contributed by atoms with E-state index in [2.05, 4.69) is 17.0 Å². The lowest BCUT2D eigenvalue weighted by Gasteiger charge is -2.07. The van der Waals surface area contributed by atoms with E-state index in [1.807, 2.05) is 84.9 Å². The van der Waals surface area contributed by atoms with Gasteiger partial charge in [-0.2, -0.15) is 0 Å². The number of benzene rings is 3. The third-order valence-corrected chi connectivity index (χ3v) is 3.71. The molecule has 0 radical (unpaired) electrons. The van der Waals surface area contributed by atoms with Gasteiger partial charge in [0.25, 0.3) is 0 Å². The highest BCUT2D eigenvalue weighted by Crippen LogP contribution is 2.18. The smallest absolute Gasteiger partial charge is 0.160 e. The molecule has 0 unspecified atom stereocenters. The highest BCUT2D eigenvalue weighted by atomic mass is 16.6. The molecule has 3 aromatic carbocycles. The average molecular weight is 341 g/mol. The summed E-state index contributed by atoms with van der Waals surface area (Å²) in [6, 6.07) is 27.3. The highest BCUT2D eigenvalue weighted by Gasteiger charge is 2.04. The number of para-hydroxylation sites is 1. The van der Waals surface area contributed by atoms with Crippen molar-refractivity contribution in [2.24, 2.45) is 5.16 Å². The van der Waals surface area contributed by atoms with Crippen LogP contribution in [0.4, 0.5) is 0 Å². The van der Waals surface area contributed by atoms with Crippen LogP contribution in [-0.2, 0) is 11.4 Å². The molecule has 0 aliphatic rings. The zero-order valence-electron chi connectivity index (χ0n) is 14.6. The molecule has 0 heterocycles. The second-order valence-electron chi connectivity index (χ2n) is 5.51. The minimum atomic E-state index is 0.313. The molecule has 0 aliphatic carbocycles. The monoisotopic (exact) mass is 341 g/mol. The maximum absolute atomic E-state index is 5.57. The van der Waals surface area contributed by atoms with Gasteiger partial charge in [0.05, 0.1) is 7.11 Å². The molecular formula is C23H19NO2. The second kappa shape index (κ2) is 9.10. The van der Waals surface area contributed by atoms with E-state index in [9.17, 15) is 0 Å². The first-order valence-corrected chi connectivity index (χ1v) is 8.31. The van der Waals surface area contributed by atoms with E-state index >= 15 is 0 Å². The fraction of sp³-hybridized carbons (Fsp3) is 0.0870. The van der Waals surface area contributed by atoms with Gasteiger partial charge in [-0.05, 0) is 24.1 Å². The molecule has 0 saturated carbocycles. The van der Waals surface area contributed by atoms with E-state index in [0.29, 0.717) is 12.3 Å². The Balaban J connectivity index is 1.82. The Bertz CT molecular complexity index is 922. The van der Waals surface area contributed by atoms with E-state index in [4.69, 9.17) is 9.57 Å². The van der Waals surface area contributed by atoms with Gasteiger partial charge in [-0.3, -0.25) is 0 Å². The quantitative estimate of drug-likeness (QED) is 0.384. The molecule has 0 aliphatic heterocycles. The number of ether oxygens (including phenoxy) is 1. The van der Waals surface area contributed by atoms with Crippen LogP contribution in [0.2, 0.25) is 0 Å². The van der Waals surface area contributed by atoms with Crippen LogP contribution in [0, 0.1) is 11.8 Å². The van der Waals surface area contributed by atoms with E-state index < -0.39 is 0 Å². The lowest BCUT2D eigenvalue weighted by molar-refractivity contribution is 0.129. The van der Waals surface area contributed by atoms with Crippen molar-refractivity contribution >= 4 is 5.71 Å². The molecule has 26 heavy (non-hydrogen) atoms. The molecule has 0 spiro atoms. The topological polar surface area (TPSA) is 30.8 Å². The predicted molar refractivity (Wildman–Crippen MR) is 104 cm³/mol. The van der Waals surface area contributed by atoms with Crippen molar-refractivity contribution in [1.82, 2.24) is 0 Å². The molecule has 0 amide bonds. The van der Waals surface area contributed by atoms with E-state index in [-0.39, 0.29) is 0 Å². The first-order chi connectivity index (χ1) is 12.9. The Morgan fingerprint density at radius 2 is 1.50 bits per heavy atom. The van der Waals surface area contributed by atoms with Crippen molar-refractivity contribution in [2.75, 3.05) is 7.11 Å². The molecule has 3 aromatic rings. The molecule has 0 fully saturated rings. The minimum absolute atomic E-state index is 0.313. The van der Waals surface area contributed by atoms with Crippen LogP contribution >= 0.6 is 0 Å². The highest BCUT2D eigenvalue weighted by molar-refractivity contribution is 6.12. The lowest BCUT2D eigenvalue weighted by atomic mass is 10.1. The predicted octanol–water partition coefficient (Wildman–Crippen LogP) is 4.67. The van der Waals surface area contributed by atoms with E-state index in [0.717, 1.165) is 22.4 Å². The van der Waals surface area contributed by atoms with Gasteiger partial charge < -0.3 is 9.57 Å². The SMILES string of the molecule is COc1ccccc1CO/N=C(\C#Cc1ccccc1)c1ccccc1. The number of oxime groups is 1. The standard InChI is InChI=1S/C23H19NO2/c1-25-23-15-9-8-14-21(23)18-26-24-22(20-12-6-3-7-13-20)17-16-19-10-4-2-5-11-19/h2-15H,18H2,1H3/b24-22+. The first kappa shape index (κ1) is 17.3. The number of hydrogen-bond acceptors (Lipinski definition) is 3. The van der Waals surface area contributed by atoms with Crippen molar-refractivity contribution in [2.45, 2.75) is 6.61 Å². The summed E-state index contributed by atoms with van der Waals surface area (Å²) in [7, 11) is 1.64. The van der Waals surface area contributed by atoms with Crippen LogP contribution < -0.4 is 4.74 Å². The second-order valence-corrected chi connectivity index (χ2v) is 5.51. The molecule has 0 saturated heterocycles. The van der Waals surface area contributed by atoms with Crippen LogP contribution in [0.15, 0.2) is 90.1 Å². The molecule has 0 atom stereocenters. The number of nitrogens with zero attached hydrogens (tertiary/aromatic N) is 1. The molecule has 3 nitrogen and oxygen atoms in total. The number of hydrogen-bond donors (Lipinski definition) is 0. The summed E-state index contributed by atoms with van der Waals surface area (Å²) in [6.07, 6.45) is 0. The van der Waals surface area contributed by atoms with Crippen molar-refractivity contribution in [3.05, 3.63) is 102 Å². The molecule has 3 rings (SSSR count). The Kier molecular flexibility index (Phi) is 6.06. The van der Waals surface area contributed by atoms with Gasteiger partial charge in [0.1, 0.15) is 12.4 Å². The van der Waals surface area contributed by atoms with Gasteiger partial charge in [0.15, 0.2) is 5.71 Å². The van der Waals surface area contributed by atoms with Crippen molar-refractivity contribution in [3.63, 3.8) is 0 Å². The van der Waals surface area contributed by atoms with Crippen molar-refractivity contribution in [1.29, 1.82) is 0 Å². The normalized spacial score (nSPS) is 10.6. The van der Waals surface area contributed by atoms with Gasteiger partial charge in [0.2, 0.25) is 0 Å². The van der Waals surface area contributed by atoms with Gasteiger partial charge >= 0.3 is 0 Å². The number of rotatable bonds is 5. The van der Waals surface area contributed by atoms with Crippen LogP contribution in [-0.4, -0.2) is 12.8 Å². The van der Waals surface area contributed by atoms with E-state index in [1.54, 1.807) is 7.11 Å². The summed E-state index contributed by atoms with van der Waals surface area (Å²) in [5.74, 6) is 7.02. The first-order valence-electron chi connectivity index (χ1n) is 8.31. The van der Waals surface area contributed by atoms with Gasteiger partial charge in [-0.1, -0.05) is 77.8 Å². The summed E-state index contributed by atoms with van der Waals surface area (Å²) in [5, 5.41) is 4.27. The van der Waals surface area contributed by atoms with Gasteiger partial charge in [-0.15, -0.1) is 0 Å². The largest absolute Gasteiger partial charge is 0.496 e. The molecular weight excluding hydrogens is 322 g/mol. The average Bonchev–Trinajstić information content (AvgIpc) is 2.72.